The first kappa shape index (κ1) is 65.8. The molecule has 0 bridgehead atoms. The van der Waals surface area contributed by atoms with Crippen molar-refractivity contribution in [3.05, 3.63) is 107 Å². The highest BCUT2D eigenvalue weighted by atomic mass is 19.1. The minimum atomic E-state index is -2.17. The van der Waals surface area contributed by atoms with Gasteiger partial charge in [-0.15, -0.1) is 0 Å². The van der Waals surface area contributed by atoms with Crippen molar-refractivity contribution in [1.82, 2.24) is 0 Å². The van der Waals surface area contributed by atoms with Gasteiger partial charge in [0.05, 0.1) is 18.8 Å². The van der Waals surface area contributed by atoms with Crippen LogP contribution < -0.4 is 5.46 Å². The number of Topliss-reactive ketones (excluding diaryl/α,β-unsaturated/α-hetero) is 2. The molecule has 21 nitrogen and oxygen atoms in total. The number of carbonyl (C=O) groups excluding carboxylic acids is 5. The largest absolute Gasteiger partial charge is 0.631 e. The third kappa shape index (κ3) is 11.9. The molecule has 6 fully saturated rings. The highest BCUT2D eigenvalue weighted by Crippen LogP contribution is 2.68. The van der Waals surface area contributed by atoms with Crippen LogP contribution in [0.5, 0.6) is 5.75 Å². The highest BCUT2D eigenvalue weighted by Gasteiger charge is 2.73. The van der Waals surface area contributed by atoms with E-state index in [2.05, 4.69) is 0 Å². The third-order valence-electron chi connectivity index (χ3n) is 19.2. The SMILES string of the molecule is C[C@@H]1C[C@@H]2[C@H](C[C@H](O)[C@@]3(F)[C@H]2CCC2=CC(=O)C=C[C@@]23C)[C@@]1(O)C(=O)CO.C[C@@H]1C[C@@H]2[C@H](C[C@H](O)[C@@]3(F)[C@H]2CCC2=CC(=O)C=C[C@@]23C)[C@@]1(O)C(=O)COC(=O)OCc1ccc(B(O)O)cc1.OB(O)O.OCc1ccc(O)cc1.OO. The Bertz CT molecular complexity index is 2770. The Balaban J connectivity index is 0.000000220. The molecule has 8 aliphatic carbocycles. The molecule has 2 aromatic rings. The van der Waals surface area contributed by atoms with Gasteiger partial charge in [0, 0.05) is 34.5 Å². The molecule has 0 unspecified atom stereocenters. The fraction of sp³-hybridized carbons (Fsp3) is 0.561. The number of carbonyl (C=O) groups is 5. The van der Waals surface area contributed by atoms with E-state index < -0.39 is 126 Å². The number of ether oxygens (including phenoxy) is 2. The number of phenolic OH excluding ortho intramolecular Hbond substituents is 1. The number of aromatic hydroxyl groups is 1. The number of aliphatic hydroxyl groups excluding tert-OH is 4. The number of aliphatic hydroxyl groups is 6. The molecule has 0 aliphatic heterocycles. The van der Waals surface area contributed by atoms with Crippen LogP contribution in [0.4, 0.5) is 13.6 Å². The number of ketones is 4. The second-order valence-electron chi connectivity index (χ2n) is 23.1. The molecule has 6 saturated carbocycles. The van der Waals surface area contributed by atoms with Crippen molar-refractivity contribution in [3.63, 3.8) is 0 Å². The van der Waals surface area contributed by atoms with Crippen molar-refractivity contribution in [1.29, 1.82) is 0 Å². The van der Waals surface area contributed by atoms with E-state index >= 15 is 8.78 Å². The lowest BCUT2D eigenvalue weighted by molar-refractivity contribution is -0.191. The van der Waals surface area contributed by atoms with Gasteiger partial charge >= 0.3 is 20.6 Å². The van der Waals surface area contributed by atoms with E-state index in [1.165, 1.54) is 36.4 Å². The van der Waals surface area contributed by atoms with E-state index in [4.69, 9.17) is 55.3 Å². The van der Waals surface area contributed by atoms with Crippen molar-refractivity contribution in [2.75, 3.05) is 13.2 Å². The molecule has 0 radical (unpaired) electrons. The van der Waals surface area contributed by atoms with Crippen molar-refractivity contribution in [2.45, 2.75) is 127 Å². The predicted octanol–water partition coefficient (Wildman–Crippen LogP) is 1.90. The average molecular weight is 1150 g/mol. The zero-order chi connectivity index (χ0) is 61.1. The molecule has 82 heavy (non-hydrogen) atoms. The fourth-order valence-corrected chi connectivity index (χ4v) is 15.1. The summed E-state index contributed by atoms with van der Waals surface area (Å²) in [6, 6.07) is 12.5. The van der Waals surface area contributed by atoms with E-state index in [0.29, 0.717) is 55.2 Å². The zero-order valence-electron chi connectivity index (χ0n) is 45.9. The van der Waals surface area contributed by atoms with Crippen LogP contribution in [-0.2, 0) is 41.9 Å². The molecule has 14 N–H and O–H groups in total. The van der Waals surface area contributed by atoms with E-state index in [0.717, 1.165) is 5.56 Å². The maximum absolute atomic E-state index is 17.1. The molecule has 448 valence electrons. The summed E-state index contributed by atoms with van der Waals surface area (Å²) in [5.74, 6) is -5.55. The Morgan fingerprint density at radius 3 is 1.45 bits per heavy atom. The molecular formula is C57H74B2F2O21. The molecule has 0 amide bonds. The van der Waals surface area contributed by atoms with Gasteiger partial charge in [-0.2, -0.15) is 0 Å². The molecule has 8 aliphatic rings. The van der Waals surface area contributed by atoms with Gasteiger partial charge in [0.25, 0.3) is 0 Å². The molecule has 0 aromatic heterocycles. The van der Waals surface area contributed by atoms with Gasteiger partial charge in [-0.3, -0.25) is 29.7 Å². The number of rotatable bonds is 9. The van der Waals surface area contributed by atoms with Crippen LogP contribution >= 0.6 is 0 Å². The average Bonchev–Trinajstić information content (AvgIpc) is 1.38. The summed E-state index contributed by atoms with van der Waals surface area (Å²) in [7, 11) is -3.79. The number of hydrogen-bond acceptors (Lipinski definition) is 21. The topological polar surface area (TPSA) is 387 Å². The Kier molecular flexibility index (Phi) is 20.7. The summed E-state index contributed by atoms with van der Waals surface area (Å²) in [5.41, 5.74) is -6.88. The number of halogens is 2. The number of allylic oxidation sites excluding steroid dienone is 8. The molecule has 16 atom stereocenters. The molecule has 0 heterocycles. The van der Waals surface area contributed by atoms with Gasteiger partial charge < -0.3 is 70.3 Å². The van der Waals surface area contributed by atoms with Crippen LogP contribution in [0.3, 0.4) is 0 Å². The smallest absolute Gasteiger partial charge is 0.508 e. The summed E-state index contributed by atoms with van der Waals surface area (Å²) in [4.78, 5) is 61.6. The van der Waals surface area contributed by atoms with E-state index in [-0.39, 0.29) is 60.7 Å². The monoisotopic (exact) mass is 1150 g/mol. The van der Waals surface area contributed by atoms with Gasteiger partial charge in [-0.25, -0.2) is 13.6 Å². The first-order valence-electron chi connectivity index (χ1n) is 27.1. The van der Waals surface area contributed by atoms with E-state index in [9.17, 15) is 49.5 Å². The third-order valence-corrected chi connectivity index (χ3v) is 19.2. The normalized spacial score (nSPS) is 36.9. The summed E-state index contributed by atoms with van der Waals surface area (Å²) in [6.07, 6.45) is 7.41. The second-order valence-corrected chi connectivity index (χ2v) is 23.1. The molecule has 0 saturated heterocycles. The van der Waals surface area contributed by atoms with Gasteiger partial charge in [0.2, 0.25) is 5.78 Å². The summed E-state index contributed by atoms with van der Waals surface area (Å²) in [6.45, 7) is 5.26. The first-order valence-corrected chi connectivity index (χ1v) is 27.1. The molecule has 2 aromatic carbocycles. The summed E-state index contributed by atoms with van der Waals surface area (Å²) in [5, 5.41) is 124. The van der Waals surface area contributed by atoms with Crippen LogP contribution in [0.15, 0.2) is 96.1 Å². The van der Waals surface area contributed by atoms with Gasteiger partial charge in [0.15, 0.2) is 35.3 Å². The Morgan fingerprint density at radius 2 is 1.05 bits per heavy atom. The quantitative estimate of drug-likeness (QED) is 0.0738. The standard InChI is InChI=1S/C29H34BFO9.C21H27FO5.C7H8O2.BH3O3.H2O2/c1-16-11-21-22-8-5-18-12-20(32)9-10-27(18,2)29(22,31)24(33)13-23(21)28(16,36)25(34)15-40-26(35)39-14-17-3-6-19(7-4-17)30(37)38;1-11-7-14-15-4-3-12-8-13(24)5-6-19(12,2)21(15,22)17(25)9-16(14)20(11,27)18(26)10-23;8-5-6-1-3-7(9)4-2-6;2-1(3)4;1-2/h3-4,6-7,9-10,12,16,21-24,33,36-38H,5,8,11,13-15H2,1-2H3;5-6,8,11,14-17,23,25,27H,3-4,7,9-10H2,1-2H3;1-4,8-9H,5H2;2-4H;1-2H/t16-,21+,22+,23+,24+,27+,28-,29+;11-,14+,15+,16+,17+,19+,20-,21+;;;/m11.../s1. The number of benzene rings is 2. The minimum Gasteiger partial charge on any atom is -0.508 e. The first-order chi connectivity index (χ1) is 38.5. The number of phenols is 1. The minimum absolute atomic E-state index is 0.0281. The van der Waals surface area contributed by atoms with Crippen molar-refractivity contribution >= 4 is 49.2 Å². The van der Waals surface area contributed by atoms with Crippen molar-refractivity contribution < 1.29 is 114 Å². The number of fused-ring (bicyclic) bond motifs is 10. The molecular weight excluding hydrogens is 1080 g/mol. The maximum Gasteiger partial charge on any atom is 0.631 e. The number of hydrogen-bond donors (Lipinski definition) is 14. The Morgan fingerprint density at radius 1 is 0.634 bits per heavy atom. The lowest BCUT2D eigenvalue weighted by atomic mass is 9.48. The summed E-state index contributed by atoms with van der Waals surface area (Å²) >= 11 is 0. The van der Waals surface area contributed by atoms with Crippen LogP contribution in [0.2, 0.25) is 0 Å². The van der Waals surface area contributed by atoms with Crippen LogP contribution in [0.1, 0.15) is 90.2 Å². The number of alkyl halides is 2. The zero-order valence-corrected chi connectivity index (χ0v) is 45.9. The van der Waals surface area contributed by atoms with Crippen molar-refractivity contribution in [3.8, 4) is 5.75 Å². The predicted molar refractivity (Wildman–Crippen MR) is 288 cm³/mol. The Labute approximate surface area is 472 Å². The van der Waals surface area contributed by atoms with Gasteiger partial charge in [-0.05, 0) is 142 Å². The van der Waals surface area contributed by atoms with E-state index in [1.54, 1.807) is 76.2 Å². The second kappa shape index (κ2) is 25.9. The fourth-order valence-electron chi connectivity index (χ4n) is 15.1. The molecule has 25 heteroatoms. The Hall–Kier alpha value is -5.38. The maximum atomic E-state index is 17.1. The molecule has 0 spiro atoms. The van der Waals surface area contributed by atoms with Crippen LogP contribution in [0, 0.1) is 58.2 Å². The molecule has 10 rings (SSSR count). The highest BCUT2D eigenvalue weighted by molar-refractivity contribution is 6.58. The van der Waals surface area contributed by atoms with Crippen molar-refractivity contribution in [2.24, 2.45) is 58.2 Å². The van der Waals surface area contributed by atoms with Gasteiger partial charge in [-0.1, -0.05) is 73.5 Å². The van der Waals surface area contributed by atoms with Crippen LogP contribution in [0.25, 0.3) is 0 Å². The van der Waals surface area contributed by atoms with Gasteiger partial charge in [0.1, 0.15) is 30.2 Å². The van der Waals surface area contributed by atoms with Crippen LogP contribution in [-0.4, -0.2) is 163 Å². The lowest BCUT2D eigenvalue weighted by Gasteiger charge is -2.59. The summed E-state index contributed by atoms with van der Waals surface area (Å²) < 4.78 is 43.8. The van der Waals surface area contributed by atoms with E-state index in [1.807, 2.05) is 0 Å². The lowest BCUT2D eigenvalue weighted by Crippen LogP contribution is -2.66.